The number of halogens is 1. The van der Waals surface area contributed by atoms with Crippen LogP contribution < -0.4 is 10.1 Å². The number of hydrogen-bond acceptors (Lipinski definition) is 7. The molecule has 1 N–H and O–H groups in total. The first-order valence-corrected chi connectivity index (χ1v) is 12.1. The highest BCUT2D eigenvalue weighted by atomic mass is 19.1. The van der Waals surface area contributed by atoms with Crippen LogP contribution >= 0.6 is 0 Å². The summed E-state index contributed by atoms with van der Waals surface area (Å²) in [5.41, 5.74) is 2.81. The van der Waals surface area contributed by atoms with Crippen LogP contribution in [0.15, 0.2) is 36.8 Å². The molecule has 1 aliphatic heterocycles. The van der Waals surface area contributed by atoms with E-state index in [1.165, 1.54) is 6.07 Å². The number of carbonyl (C=O) groups is 1. The molecule has 3 aromatic rings. The summed E-state index contributed by atoms with van der Waals surface area (Å²) in [6.45, 7) is 5.28. The van der Waals surface area contributed by atoms with Crippen LogP contribution in [0.4, 0.5) is 16.0 Å². The molecule has 0 radical (unpaired) electrons. The molecule has 1 saturated heterocycles. The van der Waals surface area contributed by atoms with Gasteiger partial charge in [-0.25, -0.2) is 14.4 Å². The number of piperidine rings is 1. The predicted molar refractivity (Wildman–Crippen MR) is 131 cm³/mol. The van der Waals surface area contributed by atoms with Gasteiger partial charge < -0.3 is 15.0 Å². The minimum atomic E-state index is -0.466. The van der Waals surface area contributed by atoms with E-state index in [0.717, 1.165) is 43.6 Å². The fourth-order valence-corrected chi connectivity index (χ4v) is 4.52. The van der Waals surface area contributed by atoms with Crippen LogP contribution in [0, 0.1) is 35.9 Å². The van der Waals surface area contributed by atoms with Crippen molar-refractivity contribution in [2.24, 2.45) is 11.8 Å². The van der Waals surface area contributed by atoms with E-state index >= 15 is 0 Å². The Kier molecular flexibility index (Phi) is 6.55. The number of hydrogen-bond donors (Lipinski definition) is 1. The van der Waals surface area contributed by atoms with Crippen LogP contribution in [0.2, 0.25) is 0 Å². The van der Waals surface area contributed by atoms with E-state index in [1.807, 2.05) is 22.7 Å². The quantitative estimate of drug-likeness (QED) is 0.528. The lowest BCUT2D eigenvalue weighted by Gasteiger charge is -2.31. The largest absolute Gasteiger partial charge is 0.490 e. The molecule has 36 heavy (non-hydrogen) atoms. The average Bonchev–Trinajstić information content (AvgIpc) is 3.50. The first kappa shape index (κ1) is 23.7. The maximum atomic E-state index is 14.7. The number of carbonyl (C=O) groups excluding carboxylic acids is 1. The summed E-state index contributed by atoms with van der Waals surface area (Å²) in [4.78, 5) is 22.4. The maximum Gasteiger partial charge on any atom is 0.227 e. The monoisotopic (exact) mass is 489 g/mol. The van der Waals surface area contributed by atoms with Crippen molar-refractivity contribution in [1.29, 1.82) is 5.26 Å². The number of nitriles is 1. The second kappa shape index (κ2) is 9.93. The number of aryl methyl sites for hydroxylation is 1. The lowest BCUT2D eigenvalue weighted by Crippen LogP contribution is -2.37. The van der Waals surface area contributed by atoms with Gasteiger partial charge in [-0.3, -0.25) is 9.48 Å². The van der Waals surface area contributed by atoms with Gasteiger partial charge in [0.1, 0.15) is 0 Å². The van der Waals surface area contributed by atoms with E-state index in [-0.39, 0.29) is 29.5 Å². The van der Waals surface area contributed by atoms with Crippen molar-refractivity contribution in [3.8, 4) is 23.1 Å². The molecule has 0 bridgehead atoms. The molecular formula is C26H28FN7O2. The summed E-state index contributed by atoms with van der Waals surface area (Å²) in [6.07, 6.45) is 7.86. The first-order valence-electron chi connectivity index (χ1n) is 12.1. The number of anilines is 2. The van der Waals surface area contributed by atoms with Crippen molar-refractivity contribution >= 4 is 17.5 Å². The van der Waals surface area contributed by atoms with Crippen molar-refractivity contribution < 1.29 is 13.9 Å². The molecule has 2 fully saturated rings. The Balaban J connectivity index is 1.25. The topological polar surface area (TPSA) is 109 Å². The molecule has 186 valence electrons. The Labute approximate surface area is 208 Å². The zero-order valence-corrected chi connectivity index (χ0v) is 20.3. The van der Waals surface area contributed by atoms with Gasteiger partial charge >= 0.3 is 0 Å². The van der Waals surface area contributed by atoms with E-state index in [9.17, 15) is 9.18 Å². The highest BCUT2D eigenvalue weighted by Gasteiger charge is 2.38. The predicted octanol–water partition coefficient (Wildman–Crippen LogP) is 4.25. The molecule has 5 rings (SSSR count). The second-order valence-electron chi connectivity index (χ2n) is 9.48. The van der Waals surface area contributed by atoms with Crippen LogP contribution in [0.5, 0.6) is 5.75 Å². The second-order valence-corrected chi connectivity index (χ2v) is 9.48. The molecule has 0 spiro atoms. The van der Waals surface area contributed by atoms with Crippen LogP contribution in [-0.4, -0.2) is 50.3 Å². The summed E-state index contributed by atoms with van der Waals surface area (Å²) in [6, 6.07) is 7.23. The van der Waals surface area contributed by atoms with Gasteiger partial charge in [-0.15, -0.1) is 0 Å². The fraction of sp³-hybridized carbons (Fsp3) is 0.423. The Morgan fingerprint density at radius 3 is 2.81 bits per heavy atom. The number of nitrogens with zero attached hydrogens (tertiary/aromatic N) is 6. The lowest BCUT2D eigenvalue weighted by molar-refractivity contribution is -0.130. The molecule has 2 aliphatic rings. The van der Waals surface area contributed by atoms with Gasteiger partial charge in [0.05, 0.1) is 42.2 Å². The number of ether oxygens (including phenoxy) is 1. The van der Waals surface area contributed by atoms with Crippen LogP contribution in [0.1, 0.15) is 37.8 Å². The Bertz CT molecular complexity index is 1310. The molecule has 1 saturated carbocycles. The molecule has 2 atom stereocenters. The molecule has 1 aromatic carbocycles. The third-order valence-electron chi connectivity index (χ3n) is 6.86. The van der Waals surface area contributed by atoms with E-state index in [2.05, 4.69) is 26.5 Å². The molecule has 9 nitrogen and oxygen atoms in total. The van der Waals surface area contributed by atoms with Crippen molar-refractivity contribution in [2.75, 3.05) is 25.0 Å². The highest BCUT2D eigenvalue weighted by molar-refractivity contribution is 5.73. The van der Waals surface area contributed by atoms with Crippen LogP contribution in [0.3, 0.4) is 0 Å². The Morgan fingerprint density at radius 1 is 1.31 bits per heavy atom. The zero-order chi connectivity index (χ0) is 25.2. The summed E-state index contributed by atoms with van der Waals surface area (Å²) < 4.78 is 22.2. The highest BCUT2D eigenvalue weighted by Crippen LogP contribution is 2.38. The average molecular weight is 490 g/mol. The van der Waals surface area contributed by atoms with Gasteiger partial charge in [0.25, 0.3) is 0 Å². The Morgan fingerprint density at radius 2 is 2.11 bits per heavy atom. The summed E-state index contributed by atoms with van der Waals surface area (Å²) in [7, 11) is 0. The summed E-state index contributed by atoms with van der Waals surface area (Å²) >= 11 is 0. The number of rotatable bonds is 7. The van der Waals surface area contributed by atoms with Crippen molar-refractivity contribution in [2.45, 2.75) is 39.2 Å². The third-order valence-corrected chi connectivity index (χ3v) is 6.86. The first-order chi connectivity index (χ1) is 17.4. The molecule has 1 aliphatic carbocycles. The van der Waals surface area contributed by atoms with E-state index in [1.54, 1.807) is 31.5 Å². The molecule has 1 amide bonds. The fourth-order valence-electron chi connectivity index (χ4n) is 4.52. The van der Waals surface area contributed by atoms with Gasteiger partial charge in [-0.1, -0.05) is 0 Å². The van der Waals surface area contributed by atoms with Crippen molar-refractivity contribution in [3.05, 3.63) is 48.2 Å². The number of aromatic nitrogens is 4. The van der Waals surface area contributed by atoms with E-state index in [0.29, 0.717) is 23.8 Å². The summed E-state index contributed by atoms with van der Waals surface area (Å²) in [5, 5.41) is 16.6. The molecule has 10 heteroatoms. The number of amides is 1. The smallest absolute Gasteiger partial charge is 0.227 e. The van der Waals surface area contributed by atoms with Gasteiger partial charge in [0.2, 0.25) is 11.9 Å². The van der Waals surface area contributed by atoms with Gasteiger partial charge in [-0.2, -0.15) is 10.4 Å². The molecule has 3 heterocycles. The van der Waals surface area contributed by atoms with Gasteiger partial charge in [-0.05, 0) is 49.9 Å². The lowest BCUT2D eigenvalue weighted by atomic mass is 10.1. The standard InChI is InChI=1S/C26H28FN7O2/c1-16-12-29-26(31-21-13-30-34(14-21)22-5-7-33(8-6-22)17(2)35)32-25(16)18-3-4-24(23(27)10-18)36-15-20-9-19(20)11-28/h3-4,10,12-14,19-20,22H,5-9,15H2,1-2H3,(H,29,31,32). The minimum absolute atomic E-state index is 0.0220. The zero-order valence-electron chi connectivity index (χ0n) is 20.3. The number of likely N-dealkylation sites (tertiary alicyclic amines) is 1. The number of benzene rings is 1. The van der Waals surface area contributed by atoms with Crippen LogP contribution in [0.25, 0.3) is 11.3 Å². The maximum absolute atomic E-state index is 14.7. The van der Waals surface area contributed by atoms with Crippen LogP contribution in [-0.2, 0) is 4.79 Å². The van der Waals surface area contributed by atoms with E-state index in [4.69, 9.17) is 10.00 Å². The van der Waals surface area contributed by atoms with Gasteiger partial charge in [0.15, 0.2) is 11.6 Å². The normalized spacial score (nSPS) is 19.6. The SMILES string of the molecule is CC(=O)N1CCC(n2cc(Nc3ncc(C)c(-c4ccc(OCC5CC5C#N)c(F)c4)n3)cn2)CC1. The number of nitrogens with one attached hydrogen (secondary N) is 1. The minimum Gasteiger partial charge on any atom is -0.490 e. The molecular weight excluding hydrogens is 461 g/mol. The van der Waals surface area contributed by atoms with Gasteiger partial charge in [0, 0.05) is 43.9 Å². The summed E-state index contributed by atoms with van der Waals surface area (Å²) in [5.74, 6) is 0.412. The molecule has 2 unspecified atom stereocenters. The Hall–Kier alpha value is -4.00. The van der Waals surface area contributed by atoms with E-state index < -0.39 is 5.82 Å². The van der Waals surface area contributed by atoms with Crippen molar-refractivity contribution in [1.82, 2.24) is 24.6 Å². The third kappa shape index (κ3) is 5.15. The molecule has 2 aromatic heterocycles. The van der Waals surface area contributed by atoms with Crippen molar-refractivity contribution in [3.63, 3.8) is 0 Å².